The predicted molar refractivity (Wildman–Crippen MR) is 112 cm³/mol. The van der Waals surface area contributed by atoms with Crippen LogP contribution in [0.1, 0.15) is 24.8 Å². The molecule has 0 bridgehead atoms. The maximum absolute atomic E-state index is 11.2. The van der Waals surface area contributed by atoms with Gasteiger partial charge in [0.2, 0.25) is 10.0 Å². The molecular formula is C20H26N4O4S. The number of anilines is 1. The van der Waals surface area contributed by atoms with Gasteiger partial charge in [0, 0.05) is 37.3 Å². The number of aromatic nitrogens is 1. The zero-order valence-corrected chi connectivity index (χ0v) is 17.8. The van der Waals surface area contributed by atoms with E-state index in [0.717, 1.165) is 48.9 Å². The van der Waals surface area contributed by atoms with Crippen molar-refractivity contribution in [1.29, 1.82) is 5.26 Å². The van der Waals surface area contributed by atoms with Gasteiger partial charge < -0.3 is 14.4 Å². The lowest BCUT2D eigenvalue weighted by Crippen LogP contribution is -2.35. The lowest BCUT2D eigenvalue weighted by molar-refractivity contribution is 0.355. The lowest BCUT2D eigenvalue weighted by Gasteiger charge is -2.34. The third kappa shape index (κ3) is 4.89. The van der Waals surface area contributed by atoms with E-state index in [4.69, 9.17) is 9.47 Å². The quantitative estimate of drug-likeness (QED) is 0.735. The average molecular weight is 419 g/mol. The fourth-order valence-corrected chi connectivity index (χ4v) is 4.31. The first-order valence-electron chi connectivity index (χ1n) is 9.50. The first-order valence-corrected chi connectivity index (χ1v) is 11.4. The molecule has 29 heavy (non-hydrogen) atoms. The van der Waals surface area contributed by atoms with Gasteiger partial charge in [0.05, 0.1) is 37.2 Å². The molecule has 2 heterocycles. The van der Waals surface area contributed by atoms with E-state index in [0.29, 0.717) is 29.5 Å². The van der Waals surface area contributed by atoms with Crippen LogP contribution in [0.5, 0.6) is 11.5 Å². The Kier molecular flexibility index (Phi) is 6.45. The van der Waals surface area contributed by atoms with Gasteiger partial charge in [-0.1, -0.05) is 0 Å². The summed E-state index contributed by atoms with van der Waals surface area (Å²) in [6.07, 6.45) is 5.47. The summed E-state index contributed by atoms with van der Waals surface area (Å²) >= 11 is 0. The molecule has 0 radical (unpaired) electrons. The molecule has 1 aromatic carbocycles. The topological polar surface area (TPSA) is 105 Å². The van der Waals surface area contributed by atoms with Gasteiger partial charge >= 0.3 is 0 Å². The van der Waals surface area contributed by atoms with Crippen LogP contribution in [0.4, 0.5) is 5.69 Å². The van der Waals surface area contributed by atoms with E-state index in [9.17, 15) is 13.7 Å². The highest BCUT2D eigenvalue weighted by molar-refractivity contribution is 7.88. The molecular weight excluding hydrogens is 392 g/mol. The number of hydrogen-bond acceptors (Lipinski definition) is 7. The van der Waals surface area contributed by atoms with Gasteiger partial charge in [-0.2, -0.15) is 5.26 Å². The van der Waals surface area contributed by atoms with Crippen molar-refractivity contribution >= 4 is 26.6 Å². The summed E-state index contributed by atoms with van der Waals surface area (Å²) in [6.45, 7) is 2.06. The number of nitriles is 1. The highest BCUT2D eigenvalue weighted by atomic mass is 32.2. The van der Waals surface area contributed by atoms with Crippen molar-refractivity contribution in [2.24, 2.45) is 5.92 Å². The molecule has 2 aromatic rings. The summed E-state index contributed by atoms with van der Waals surface area (Å²) < 4.78 is 35.8. The van der Waals surface area contributed by atoms with Gasteiger partial charge in [0.25, 0.3) is 0 Å². The molecule has 1 N–H and O–H groups in total. The van der Waals surface area contributed by atoms with Crippen LogP contribution in [0.15, 0.2) is 18.3 Å². The van der Waals surface area contributed by atoms with Crippen LogP contribution in [0.25, 0.3) is 10.9 Å². The molecule has 156 valence electrons. The molecule has 3 rings (SSSR count). The largest absolute Gasteiger partial charge is 0.493 e. The molecule has 1 aliphatic heterocycles. The Morgan fingerprint density at radius 1 is 1.24 bits per heavy atom. The maximum Gasteiger partial charge on any atom is 0.208 e. The number of benzene rings is 1. The van der Waals surface area contributed by atoms with Gasteiger partial charge in [0.1, 0.15) is 6.07 Å². The van der Waals surface area contributed by atoms with Crippen LogP contribution < -0.4 is 19.1 Å². The van der Waals surface area contributed by atoms with Crippen molar-refractivity contribution < 1.29 is 17.9 Å². The van der Waals surface area contributed by atoms with Crippen LogP contribution in [0.3, 0.4) is 0 Å². The number of methoxy groups -OCH3 is 2. The van der Waals surface area contributed by atoms with E-state index >= 15 is 0 Å². The van der Waals surface area contributed by atoms with Crippen LogP contribution >= 0.6 is 0 Å². The van der Waals surface area contributed by atoms with E-state index < -0.39 is 10.0 Å². The minimum absolute atomic E-state index is 0.453. The number of pyridine rings is 1. The number of rotatable bonds is 7. The monoisotopic (exact) mass is 418 g/mol. The van der Waals surface area contributed by atoms with E-state index in [1.807, 2.05) is 12.1 Å². The van der Waals surface area contributed by atoms with Crippen molar-refractivity contribution in [3.63, 3.8) is 0 Å². The first kappa shape index (κ1) is 21.1. The average Bonchev–Trinajstić information content (AvgIpc) is 2.71. The summed E-state index contributed by atoms with van der Waals surface area (Å²) in [5.41, 5.74) is 2.14. The molecule has 0 aliphatic carbocycles. The number of ether oxygens (including phenoxy) is 2. The standard InChI is InChI=1S/C20H26N4O4S/c1-27-18-10-16-17(11-19(18)28-2)22-13-15(12-21)20(16)24-8-5-14(6-9-24)4-7-23-29(3,25)26/h10-11,13-14,23H,4-9H2,1-3H3. The molecule has 1 fully saturated rings. The normalized spacial score (nSPS) is 15.3. The molecule has 1 saturated heterocycles. The van der Waals surface area contributed by atoms with Crippen LogP contribution in [0.2, 0.25) is 0 Å². The zero-order chi connectivity index (χ0) is 21.0. The number of nitrogens with one attached hydrogen (secondary N) is 1. The van der Waals surface area contributed by atoms with Gasteiger partial charge in [-0.25, -0.2) is 13.1 Å². The van der Waals surface area contributed by atoms with Crippen LogP contribution in [-0.4, -0.2) is 53.5 Å². The van der Waals surface area contributed by atoms with Gasteiger partial charge in [-0.05, 0) is 31.2 Å². The molecule has 1 aliphatic rings. The minimum Gasteiger partial charge on any atom is -0.493 e. The third-order valence-electron chi connectivity index (χ3n) is 5.31. The van der Waals surface area contributed by atoms with Crippen molar-refractivity contribution in [2.45, 2.75) is 19.3 Å². The highest BCUT2D eigenvalue weighted by Crippen LogP contribution is 2.38. The van der Waals surface area contributed by atoms with Crippen molar-refractivity contribution in [2.75, 3.05) is 45.0 Å². The molecule has 1 aromatic heterocycles. The van der Waals surface area contributed by atoms with E-state index in [1.165, 1.54) is 6.26 Å². The Bertz CT molecular complexity index is 1020. The van der Waals surface area contributed by atoms with Gasteiger partial charge in [0.15, 0.2) is 11.5 Å². The molecule has 0 atom stereocenters. The summed E-state index contributed by atoms with van der Waals surface area (Å²) in [5.74, 6) is 1.65. The summed E-state index contributed by atoms with van der Waals surface area (Å²) in [5, 5.41) is 10.5. The van der Waals surface area contributed by atoms with E-state index in [-0.39, 0.29) is 0 Å². The Morgan fingerprint density at radius 2 is 1.90 bits per heavy atom. The zero-order valence-electron chi connectivity index (χ0n) is 16.9. The summed E-state index contributed by atoms with van der Waals surface area (Å²) in [4.78, 5) is 6.64. The van der Waals surface area contributed by atoms with Crippen LogP contribution in [-0.2, 0) is 10.0 Å². The molecule has 0 unspecified atom stereocenters. The summed E-state index contributed by atoms with van der Waals surface area (Å²) in [6, 6.07) is 5.96. The second kappa shape index (κ2) is 8.84. The van der Waals surface area contributed by atoms with E-state index in [1.54, 1.807) is 20.4 Å². The van der Waals surface area contributed by atoms with Crippen LogP contribution in [0, 0.1) is 17.2 Å². The fourth-order valence-electron chi connectivity index (χ4n) is 3.82. The lowest BCUT2D eigenvalue weighted by atomic mass is 9.92. The molecule has 9 heteroatoms. The Labute approximate surface area is 171 Å². The smallest absolute Gasteiger partial charge is 0.208 e. The SMILES string of the molecule is COc1cc2ncc(C#N)c(N3CCC(CCNS(C)(=O)=O)CC3)c2cc1OC. The fraction of sp³-hybridized carbons (Fsp3) is 0.500. The molecule has 8 nitrogen and oxygen atoms in total. The van der Waals surface area contributed by atoms with Crippen molar-refractivity contribution in [1.82, 2.24) is 9.71 Å². The number of nitrogens with zero attached hydrogens (tertiary/aromatic N) is 3. The highest BCUT2D eigenvalue weighted by Gasteiger charge is 2.24. The number of sulfonamides is 1. The van der Waals surface area contributed by atoms with E-state index in [2.05, 4.69) is 20.7 Å². The number of hydrogen-bond donors (Lipinski definition) is 1. The Hall–Kier alpha value is -2.57. The minimum atomic E-state index is -3.15. The number of piperidine rings is 1. The molecule has 0 spiro atoms. The summed E-state index contributed by atoms with van der Waals surface area (Å²) in [7, 11) is 0.0154. The first-order chi connectivity index (χ1) is 13.9. The Morgan fingerprint density at radius 3 is 2.48 bits per heavy atom. The molecule has 0 amide bonds. The van der Waals surface area contributed by atoms with Gasteiger partial charge in [-0.3, -0.25) is 4.98 Å². The van der Waals surface area contributed by atoms with Crippen molar-refractivity contribution in [3.8, 4) is 17.6 Å². The third-order valence-corrected chi connectivity index (χ3v) is 6.04. The second-order valence-corrected chi connectivity index (χ2v) is 9.08. The Balaban J connectivity index is 1.83. The van der Waals surface area contributed by atoms with Gasteiger partial charge in [-0.15, -0.1) is 0 Å². The molecule has 0 saturated carbocycles. The predicted octanol–water partition coefficient (Wildman–Crippen LogP) is 2.28. The number of fused-ring (bicyclic) bond motifs is 1. The van der Waals surface area contributed by atoms with Crippen molar-refractivity contribution in [3.05, 3.63) is 23.9 Å². The second-order valence-electron chi connectivity index (χ2n) is 7.24. The maximum atomic E-state index is 11.2.